The van der Waals surface area contributed by atoms with Gasteiger partial charge in [-0.2, -0.15) is 0 Å². The number of ether oxygens (including phenoxy) is 7. The van der Waals surface area contributed by atoms with Crippen LogP contribution in [0.3, 0.4) is 0 Å². The molecule has 5 rings (SSSR count). The smallest absolute Gasteiger partial charge is 0.229 e. The van der Waals surface area contributed by atoms with Crippen molar-refractivity contribution in [3.63, 3.8) is 0 Å². The Morgan fingerprint density at radius 2 is 1.15 bits per heavy atom. The van der Waals surface area contributed by atoms with Gasteiger partial charge in [0.25, 0.3) is 0 Å². The molecule has 0 unspecified atom stereocenters. The zero-order chi connectivity index (χ0) is 34.7. The van der Waals surface area contributed by atoms with Gasteiger partial charge in [-0.05, 0) is 47.7 Å². The molecule has 0 saturated carbocycles. The summed E-state index contributed by atoms with van der Waals surface area (Å²) in [5.41, 5.74) is 1.52. The molecule has 2 aromatic rings. The van der Waals surface area contributed by atoms with Gasteiger partial charge in [0.05, 0.1) is 40.1 Å². The van der Waals surface area contributed by atoms with Crippen LogP contribution in [0.15, 0.2) is 36.4 Å². The van der Waals surface area contributed by atoms with E-state index >= 15 is 0 Å². The van der Waals surface area contributed by atoms with Crippen molar-refractivity contribution in [1.82, 2.24) is 0 Å². The fourth-order valence-electron chi connectivity index (χ4n) is 6.30. The fourth-order valence-corrected chi connectivity index (χ4v) is 6.30. The summed E-state index contributed by atoms with van der Waals surface area (Å²) >= 11 is 0. The molecule has 16 nitrogen and oxygen atoms in total. The van der Waals surface area contributed by atoms with Crippen LogP contribution in [-0.2, 0) is 20.6 Å². The van der Waals surface area contributed by atoms with E-state index in [0.29, 0.717) is 24.3 Å². The maximum absolute atomic E-state index is 10.4. The lowest BCUT2D eigenvalue weighted by atomic mass is 9.84. The van der Waals surface area contributed by atoms with Crippen molar-refractivity contribution in [3.8, 4) is 23.0 Å². The van der Waals surface area contributed by atoms with Crippen LogP contribution in [0.1, 0.15) is 17.2 Å². The van der Waals surface area contributed by atoms with Crippen LogP contribution in [0.5, 0.6) is 23.0 Å². The maximum atomic E-state index is 10.4. The lowest BCUT2D eigenvalue weighted by Gasteiger charge is -2.39. The van der Waals surface area contributed by atoms with Crippen molar-refractivity contribution in [1.29, 1.82) is 0 Å². The second-order valence-corrected chi connectivity index (χ2v) is 12.1. The van der Waals surface area contributed by atoms with E-state index in [4.69, 9.17) is 33.2 Å². The van der Waals surface area contributed by atoms with Crippen LogP contribution in [0.25, 0.3) is 0 Å². The largest absolute Gasteiger partial charge is 0.493 e. The number of hydrogen-bond acceptors (Lipinski definition) is 16. The number of rotatable bonds is 12. The number of aliphatic hydroxyl groups excluding tert-OH is 9. The summed E-state index contributed by atoms with van der Waals surface area (Å²) in [5, 5.41) is 90.4. The molecule has 0 bridgehead atoms. The lowest BCUT2D eigenvalue weighted by molar-refractivity contribution is -0.277. The Kier molecular flexibility index (Phi) is 12.0. The first-order valence-electron chi connectivity index (χ1n) is 15.6. The summed E-state index contributed by atoms with van der Waals surface area (Å²) < 4.78 is 39.6. The standard InChI is InChI=1S/C32H44O16/c1-42-20-8-14(3-5-18(20)45-31-28(40)26(38)24(36)22(11-34)47-31)7-16-13-44-30(17(16)10-33)15-4-6-19(21(9-15)43-2)46-32-29(41)27(39)25(37)23(12-35)48-32/h3-6,8-9,16-17,22-41H,7,10-13H2,1-2H3/t16-,17+,22+,23-,24+,25-,26+,27+,28-,29-,30-,31+,32-/m0/s1. The molecule has 0 spiro atoms. The Balaban J connectivity index is 1.26. The molecule has 0 amide bonds. The van der Waals surface area contributed by atoms with Gasteiger partial charge in [-0.15, -0.1) is 0 Å². The topological polar surface area (TPSA) is 247 Å². The van der Waals surface area contributed by atoms with Gasteiger partial charge in [0.1, 0.15) is 48.8 Å². The average Bonchev–Trinajstić information content (AvgIpc) is 3.51. The molecule has 2 aromatic carbocycles. The van der Waals surface area contributed by atoms with Gasteiger partial charge >= 0.3 is 0 Å². The van der Waals surface area contributed by atoms with E-state index in [0.717, 1.165) is 5.56 Å². The van der Waals surface area contributed by atoms with Crippen molar-refractivity contribution in [3.05, 3.63) is 47.5 Å². The molecular weight excluding hydrogens is 640 g/mol. The molecular formula is C32H44O16. The monoisotopic (exact) mass is 684 g/mol. The minimum absolute atomic E-state index is 0.113. The highest BCUT2D eigenvalue weighted by atomic mass is 16.7. The van der Waals surface area contributed by atoms with Crippen molar-refractivity contribution in [2.45, 2.75) is 73.9 Å². The molecule has 3 heterocycles. The summed E-state index contributed by atoms with van der Waals surface area (Å²) in [6.07, 6.45) is -14.5. The Labute approximate surface area is 276 Å². The van der Waals surface area contributed by atoms with Crippen molar-refractivity contribution in [2.24, 2.45) is 11.8 Å². The lowest BCUT2D eigenvalue weighted by Crippen LogP contribution is -2.60. The normalized spacial score (nSPS) is 36.9. The molecule has 0 radical (unpaired) electrons. The first kappa shape index (κ1) is 36.4. The van der Waals surface area contributed by atoms with E-state index in [9.17, 15) is 46.0 Å². The molecule has 268 valence electrons. The highest BCUT2D eigenvalue weighted by Gasteiger charge is 2.46. The highest BCUT2D eigenvalue weighted by Crippen LogP contribution is 2.43. The fraction of sp³-hybridized carbons (Fsp3) is 0.625. The summed E-state index contributed by atoms with van der Waals surface area (Å²) in [5.74, 6) is 0.496. The first-order valence-corrected chi connectivity index (χ1v) is 15.6. The van der Waals surface area contributed by atoms with Crippen LogP contribution in [0, 0.1) is 11.8 Å². The van der Waals surface area contributed by atoms with Crippen LogP contribution in [0.4, 0.5) is 0 Å². The summed E-state index contributed by atoms with van der Waals surface area (Å²) in [7, 11) is 2.85. The molecule has 48 heavy (non-hydrogen) atoms. The van der Waals surface area contributed by atoms with E-state index < -0.39 is 80.7 Å². The van der Waals surface area contributed by atoms with Crippen LogP contribution >= 0.6 is 0 Å². The predicted molar refractivity (Wildman–Crippen MR) is 161 cm³/mol. The van der Waals surface area contributed by atoms with Crippen LogP contribution in [0.2, 0.25) is 0 Å². The van der Waals surface area contributed by atoms with Gasteiger partial charge < -0.3 is 79.1 Å². The molecule has 0 aromatic heterocycles. The summed E-state index contributed by atoms with van der Waals surface area (Å²) in [4.78, 5) is 0. The molecule has 13 atom stereocenters. The van der Waals surface area contributed by atoms with Crippen molar-refractivity contribution >= 4 is 0 Å². The summed E-state index contributed by atoms with van der Waals surface area (Å²) in [6.45, 7) is -1.05. The Hall–Kier alpha value is -2.84. The zero-order valence-corrected chi connectivity index (χ0v) is 26.4. The second kappa shape index (κ2) is 15.8. The number of hydrogen-bond donors (Lipinski definition) is 9. The van der Waals surface area contributed by atoms with Gasteiger partial charge in [-0.3, -0.25) is 0 Å². The predicted octanol–water partition coefficient (Wildman–Crippen LogP) is -2.40. The number of benzene rings is 2. The van der Waals surface area contributed by atoms with Crippen LogP contribution in [-0.4, -0.2) is 148 Å². The van der Waals surface area contributed by atoms with E-state index in [1.54, 1.807) is 36.4 Å². The molecule has 9 N–H and O–H groups in total. The van der Waals surface area contributed by atoms with Gasteiger partial charge in [0.2, 0.25) is 12.6 Å². The van der Waals surface area contributed by atoms with Gasteiger partial charge in [0.15, 0.2) is 23.0 Å². The van der Waals surface area contributed by atoms with Crippen LogP contribution < -0.4 is 18.9 Å². The van der Waals surface area contributed by atoms with Gasteiger partial charge in [-0.25, -0.2) is 0 Å². The molecule has 3 aliphatic rings. The third-order valence-electron chi connectivity index (χ3n) is 9.12. The van der Waals surface area contributed by atoms with E-state index in [1.807, 2.05) is 0 Å². The van der Waals surface area contributed by atoms with Gasteiger partial charge in [-0.1, -0.05) is 12.1 Å². The molecule has 0 aliphatic carbocycles. The third-order valence-corrected chi connectivity index (χ3v) is 9.12. The maximum Gasteiger partial charge on any atom is 0.229 e. The molecule has 3 saturated heterocycles. The molecule has 3 fully saturated rings. The number of aliphatic hydroxyl groups is 9. The Morgan fingerprint density at radius 1 is 0.625 bits per heavy atom. The SMILES string of the molecule is COc1cc([C@@H]2OC[C@H](Cc3ccc(O[C@@H]4O[C@H](CO)[C@@H](O)[C@@H](O)[C@@H]4O)c(OC)c3)[C@H]2CO)ccc1O[C@H]1O[C@@H](CO)[C@H](O)[C@@H](O)[C@@H]1O. The van der Waals surface area contributed by atoms with Gasteiger partial charge in [0, 0.05) is 12.5 Å². The Bertz CT molecular complexity index is 1340. The molecule has 16 heteroatoms. The summed E-state index contributed by atoms with van der Waals surface area (Å²) in [6, 6.07) is 10.1. The Morgan fingerprint density at radius 3 is 1.65 bits per heavy atom. The quantitative estimate of drug-likeness (QED) is 0.113. The van der Waals surface area contributed by atoms with E-state index in [-0.39, 0.29) is 35.7 Å². The average molecular weight is 685 g/mol. The third kappa shape index (κ3) is 7.35. The second-order valence-electron chi connectivity index (χ2n) is 12.1. The minimum Gasteiger partial charge on any atom is -0.493 e. The van der Waals surface area contributed by atoms with E-state index in [2.05, 4.69) is 0 Å². The number of methoxy groups -OCH3 is 2. The zero-order valence-electron chi connectivity index (χ0n) is 26.4. The van der Waals surface area contributed by atoms with Crippen molar-refractivity contribution < 1.29 is 79.1 Å². The molecule has 3 aliphatic heterocycles. The van der Waals surface area contributed by atoms with Crippen molar-refractivity contribution in [2.75, 3.05) is 40.6 Å². The highest BCUT2D eigenvalue weighted by molar-refractivity contribution is 5.45. The first-order chi connectivity index (χ1) is 23.0. The van der Waals surface area contributed by atoms with E-state index in [1.165, 1.54) is 14.2 Å². The minimum atomic E-state index is -1.61.